The van der Waals surface area contributed by atoms with Gasteiger partial charge in [0.1, 0.15) is 0 Å². The van der Waals surface area contributed by atoms with E-state index in [0.717, 1.165) is 25.9 Å². The van der Waals surface area contributed by atoms with Gasteiger partial charge in [0.2, 0.25) is 0 Å². The third-order valence-electron chi connectivity index (χ3n) is 4.21. The highest BCUT2D eigenvalue weighted by Crippen LogP contribution is 2.38. The first kappa shape index (κ1) is 14.3. The minimum Gasteiger partial charge on any atom is -0.375 e. The molecule has 0 amide bonds. The highest BCUT2D eigenvalue weighted by molar-refractivity contribution is 5.00. The van der Waals surface area contributed by atoms with E-state index in [-0.39, 0.29) is 16.8 Å². The normalized spacial score (nSPS) is 37.7. The molecule has 0 aromatic rings. The minimum atomic E-state index is -0.0774. The Balaban J connectivity index is 1.97. The predicted octanol–water partition coefficient (Wildman–Crippen LogP) is 2.88. The number of nitrogens with one attached hydrogen (secondary N) is 1. The number of ether oxygens (including phenoxy) is 2. The summed E-state index contributed by atoms with van der Waals surface area (Å²) >= 11 is 0. The van der Waals surface area contributed by atoms with E-state index >= 15 is 0 Å². The minimum absolute atomic E-state index is 0.00897. The van der Waals surface area contributed by atoms with Crippen LogP contribution in [0.1, 0.15) is 60.8 Å². The van der Waals surface area contributed by atoms with Crippen molar-refractivity contribution < 1.29 is 9.47 Å². The molecule has 2 fully saturated rings. The Bertz CT molecular complexity index is 310. The van der Waals surface area contributed by atoms with Gasteiger partial charge in [-0.2, -0.15) is 0 Å². The second-order valence-electron chi connectivity index (χ2n) is 7.69. The summed E-state index contributed by atoms with van der Waals surface area (Å²) in [6.07, 6.45) is 3.27. The van der Waals surface area contributed by atoms with Gasteiger partial charge in [-0.25, -0.2) is 0 Å². The Morgan fingerprint density at radius 1 is 0.944 bits per heavy atom. The van der Waals surface area contributed by atoms with Gasteiger partial charge in [0, 0.05) is 18.7 Å². The molecule has 2 unspecified atom stereocenters. The summed E-state index contributed by atoms with van der Waals surface area (Å²) in [5.41, 5.74) is -0.0805. The second kappa shape index (κ2) is 4.46. The third kappa shape index (κ3) is 3.25. The van der Waals surface area contributed by atoms with Gasteiger partial charge in [0.05, 0.1) is 16.8 Å². The Kier molecular flexibility index (Phi) is 3.54. The Labute approximate surface area is 112 Å². The van der Waals surface area contributed by atoms with E-state index in [0.29, 0.717) is 12.1 Å². The van der Waals surface area contributed by atoms with Crippen LogP contribution in [-0.4, -0.2) is 35.5 Å². The SMILES string of the molecule is CC1(C)CC(NC2CC(C)(C)OC2(C)C)CCO1. The zero-order chi connectivity index (χ0) is 13.6. The molecule has 0 bridgehead atoms. The van der Waals surface area contributed by atoms with Gasteiger partial charge in [0.25, 0.3) is 0 Å². The molecule has 0 aromatic carbocycles. The lowest BCUT2D eigenvalue weighted by molar-refractivity contribution is -0.0801. The number of hydrogen-bond acceptors (Lipinski definition) is 3. The molecule has 1 N–H and O–H groups in total. The van der Waals surface area contributed by atoms with E-state index < -0.39 is 0 Å². The number of hydrogen-bond donors (Lipinski definition) is 1. The average molecular weight is 255 g/mol. The first-order chi connectivity index (χ1) is 8.10. The van der Waals surface area contributed by atoms with Crippen molar-refractivity contribution in [1.82, 2.24) is 5.32 Å². The van der Waals surface area contributed by atoms with Crippen molar-refractivity contribution in [3.63, 3.8) is 0 Å². The van der Waals surface area contributed by atoms with Crippen LogP contribution in [-0.2, 0) is 9.47 Å². The lowest BCUT2D eigenvalue weighted by Gasteiger charge is -2.39. The fourth-order valence-electron chi connectivity index (χ4n) is 3.48. The van der Waals surface area contributed by atoms with Crippen LogP contribution in [0.5, 0.6) is 0 Å². The molecule has 0 aromatic heterocycles. The predicted molar refractivity (Wildman–Crippen MR) is 73.8 cm³/mol. The van der Waals surface area contributed by atoms with Crippen molar-refractivity contribution in [1.29, 1.82) is 0 Å². The molecule has 2 saturated heterocycles. The largest absolute Gasteiger partial charge is 0.375 e. The fourth-order valence-corrected chi connectivity index (χ4v) is 3.48. The van der Waals surface area contributed by atoms with E-state index in [9.17, 15) is 0 Å². The van der Waals surface area contributed by atoms with Gasteiger partial charge in [0.15, 0.2) is 0 Å². The molecule has 2 aliphatic rings. The highest BCUT2D eigenvalue weighted by atomic mass is 16.5. The van der Waals surface area contributed by atoms with Crippen LogP contribution < -0.4 is 5.32 Å². The summed E-state index contributed by atoms with van der Waals surface area (Å²) in [4.78, 5) is 0. The maximum atomic E-state index is 6.15. The van der Waals surface area contributed by atoms with Crippen molar-refractivity contribution in [2.75, 3.05) is 6.61 Å². The van der Waals surface area contributed by atoms with E-state index in [4.69, 9.17) is 9.47 Å². The highest BCUT2D eigenvalue weighted by Gasteiger charge is 2.46. The molecule has 3 heteroatoms. The van der Waals surface area contributed by atoms with Crippen LogP contribution in [0.15, 0.2) is 0 Å². The first-order valence-electron chi connectivity index (χ1n) is 7.20. The fraction of sp³-hybridized carbons (Fsp3) is 1.00. The number of rotatable bonds is 2. The zero-order valence-corrected chi connectivity index (χ0v) is 12.8. The van der Waals surface area contributed by atoms with Gasteiger partial charge in [-0.15, -0.1) is 0 Å². The Morgan fingerprint density at radius 2 is 1.61 bits per heavy atom. The van der Waals surface area contributed by atoms with Crippen LogP contribution in [0.3, 0.4) is 0 Å². The molecule has 0 saturated carbocycles. The molecule has 2 heterocycles. The molecule has 2 rings (SSSR count). The molecular formula is C15H29NO2. The van der Waals surface area contributed by atoms with Crippen LogP contribution >= 0.6 is 0 Å². The molecule has 0 spiro atoms. The van der Waals surface area contributed by atoms with Crippen LogP contribution in [0.2, 0.25) is 0 Å². The Hall–Kier alpha value is -0.120. The van der Waals surface area contributed by atoms with Crippen molar-refractivity contribution in [2.24, 2.45) is 0 Å². The smallest absolute Gasteiger partial charge is 0.0787 e. The third-order valence-corrected chi connectivity index (χ3v) is 4.21. The van der Waals surface area contributed by atoms with Crippen molar-refractivity contribution in [3.05, 3.63) is 0 Å². The summed E-state index contributed by atoms with van der Waals surface area (Å²) < 4.78 is 11.9. The average Bonchev–Trinajstić information content (AvgIpc) is 2.32. The molecule has 2 aliphatic heterocycles. The quantitative estimate of drug-likeness (QED) is 0.823. The van der Waals surface area contributed by atoms with Gasteiger partial charge < -0.3 is 14.8 Å². The second-order valence-corrected chi connectivity index (χ2v) is 7.69. The summed E-state index contributed by atoms with van der Waals surface area (Å²) in [7, 11) is 0. The summed E-state index contributed by atoms with van der Waals surface area (Å²) in [5.74, 6) is 0. The maximum Gasteiger partial charge on any atom is 0.0787 e. The summed E-state index contributed by atoms with van der Waals surface area (Å²) in [6, 6.07) is 0.988. The van der Waals surface area contributed by atoms with Crippen LogP contribution in [0.4, 0.5) is 0 Å². The van der Waals surface area contributed by atoms with E-state index in [1.807, 2.05) is 0 Å². The lowest BCUT2D eigenvalue weighted by Crippen LogP contribution is -2.52. The molecule has 0 radical (unpaired) electrons. The summed E-state index contributed by atoms with van der Waals surface area (Å²) in [6.45, 7) is 14.0. The standard InChI is InChI=1S/C15H29NO2/c1-13(2)9-11(7-8-17-13)16-12-10-14(3,4)18-15(12,5)6/h11-12,16H,7-10H2,1-6H3. The summed E-state index contributed by atoms with van der Waals surface area (Å²) in [5, 5.41) is 3.81. The van der Waals surface area contributed by atoms with Crippen molar-refractivity contribution >= 4 is 0 Å². The molecular weight excluding hydrogens is 226 g/mol. The molecule has 106 valence electrons. The van der Waals surface area contributed by atoms with Gasteiger partial charge >= 0.3 is 0 Å². The Morgan fingerprint density at radius 3 is 2.11 bits per heavy atom. The van der Waals surface area contributed by atoms with Crippen LogP contribution in [0.25, 0.3) is 0 Å². The lowest BCUT2D eigenvalue weighted by atomic mass is 9.89. The zero-order valence-electron chi connectivity index (χ0n) is 12.8. The monoisotopic (exact) mass is 255 g/mol. The van der Waals surface area contributed by atoms with Gasteiger partial charge in [-0.3, -0.25) is 0 Å². The van der Waals surface area contributed by atoms with Crippen molar-refractivity contribution in [3.8, 4) is 0 Å². The first-order valence-corrected chi connectivity index (χ1v) is 7.20. The molecule has 3 nitrogen and oxygen atoms in total. The maximum absolute atomic E-state index is 6.15. The van der Waals surface area contributed by atoms with E-state index in [2.05, 4.69) is 46.9 Å². The topological polar surface area (TPSA) is 30.5 Å². The molecule has 0 aliphatic carbocycles. The molecule has 18 heavy (non-hydrogen) atoms. The van der Waals surface area contributed by atoms with E-state index in [1.165, 1.54) is 0 Å². The van der Waals surface area contributed by atoms with Gasteiger partial charge in [-0.1, -0.05) is 0 Å². The van der Waals surface area contributed by atoms with Gasteiger partial charge in [-0.05, 0) is 60.8 Å². The molecule has 2 atom stereocenters. The van der Waals surface area contributed by atoms with E-state index in [1.54, 1.807) is 0 Å². The van der Waals surface area contributed by atoms with Crippen molar-refractivity contribution in [2.45, 2.75) is 89.7 Å². The van der Waals surface area contributed by atoms with Crippen LogP contribution in [0, 0.1) is 0 Å².